The molecule has 0 aliphatic rings. The molecule has 0 spiro atoms. The largest absolute Gasteiger partial charge is 0.312 e. The lowest BCUT2D eigenvalue weighted by atomic mass is 10.0. The van der Waals surface area contributed by atoms with Gasteiger partial charge in [-0.15, -0.1) is 0 Å². The van der Waals surface area contributed by atoms with Crippen molar-refractivity contribution in [1.82, 2.24) is 10.6 Å². The standard InChI is InChI=1S/C43H44N2P2/c1-6-18-36(19-7-1)32-39(35-47(42-26-12-4-13-27-42)43-28-14-5-15-29-43)45-34-38-21-17-16-20-37(38)33-44-30-31-46(40-22-8-2-9-23-40)41-24-10-3-11-25-41/h1-29,39,44-45H,30-35H2. The molecule has 0 bridgehead atoms. The van der Waals surface area contributed by atoms with Gasteiger partial charge in [-0.2, -0.15) is 0 Å². The van der Waals surface area contributed by atoms with Gasteiger partial charge in [-0.1, -0.05) is 176 Å². The highest BCUT2D eigenvalue weighted by atomic mass is 31.1. The minimum atomic E-state index is -0.504. The molecular weight excluding hydrogens is 606 g/mol. The Morgan fingerprint density at radius 1 is 0.426 bits per heavy atom. The number of hydrogen-bond acceptors (Lipinski definition) is 2. The second kappa shape index (κ2) is 17.9. The lowest BCUT2D eigenvalue weighted by molar-refractivity contribution is 0.548. The SMILES string of the molecule is c1ccc(CC(CP(c2ccccc2)c2ccccc2)NCc2ccccc2CNCCP(c2ccccc2)c2ccccc2)cc1. The Morgan fingerprint density at radius 3 is 1.32 bits per heavy atom. The van der Waals surface area contributed by atoms with E-state index in [2.05, 4.69) is 187 Å². The van der Waals surface area contributed by atoms with Crippen molar-refractivity contribution in [3.63, 3.8) is 0 Å². The van der Waals surface area contributed by atoms with Crippen molar-refractivity contribution in [2.24, 2.45) is 0 Å². The molecule has 0 aliphatic carbocycles. The van der Waals surface area contributed by atoms with E-state index in [1.807, 2.05) is 0 Å². The molecule has 6 rings (SSSR count). The Labute approximate surface area is 283 Å². The average Bonchev–Trinajstić information content (AvgIpc) is 3.15. The first-order chi connectivity index (χ1) is 23.3. The number of hydrogen-bond donors (Lipinski definition) is 2. The number of rotatable bonds is 16. The monoisotopic (exact) mass is 650 g/mol. The van der Waals surface area contributed by atoms with Gasteiger partial charge in [0.05, 0.1) is 0 Å². The van der Waals surface area contributed by atoms with E-state index < -0.39 is 15.8 Å². The summed E-state index contributed by atoms with van der Waals surface area (Å²) in [5.41, 5.74) is 4.12. The van der Waals surface area contributed by atoms with Gasteiger partial charge in [-0.25, -0.2) is 0 Å². The number of benzene rings is 6. The highest BCUT2D eigenvalue weighted by molar-refractivity contribution is 7.73. The summed E-state index contributed by atoms with van der Waals surface area (Å²) in [5, 5.41) is 13.6. The minimum Gasteiger partial charge on any atom is -0.312 e. The van der Waals surface area contributed by atoms with Crippen molar-refractivity contribution in [3.8, 4) is 0 Å². The Kier molecular flexibility index (Phi) is 12.5. The van der Waals surface area contributed by atoms with Crippen LogP contribution in [0, 0.1) is 0 Å². The second-order valence-corrected chi connectivity index (χ2v) is 16.4. The van der Waals surface area contributed by atoms with Crippen LogP contribution < -0.4 is 31.9 Å². The van der Waals surface area contributed by atoms with E-state index in [-0.39, 0.29) is 0 Å². The van der Waals surface area contributed by atoms with Gasteiger partial charge in [-0.3, -0.25) is 0 Å². The average molecular weight is 651 g/mol. The van der Waals surface area contributed by atoms with Crippen LogP contribution in [0.3, 0.4) is 0 Å². The lowest BCUT2D eigenvalue weighted by Gasteiger charge is -2.27. The van der Waals surface area contributed by atoms with Gasteiger partial charge < -0.3 is 10.6 Å². The van der Waals surface area contributed by atoms with Crippen LogP contribution in [0.2, 0.25) is 0 Å². The van der Waals surface area contributed by atoms with Gasteiger partial charge in [0.15, 0.2) is 0 Å². The van der Waals surface area contributed by atoms with Crippen LogP contribution in [-0.2, 0) is 19.5 Å². The molecule has 6 aromatic carbocycles. The summed E-state index contributed by atoms with van der Waals surface area (Å²) in [6.45, 7) is 2.70. The second-order valence-electron chi connectivity index (χ2n) is 11.8. The van der Waals surface area contributed by atoms with E-state index >= 15 is 0 Å². The maximum absolute atomic E-state index is 4.04. The summed E-state index contributed by atoms with van der Waals surface area (Å²) in [6.07, 6.45) is 3.20. The van der Waals surface area contributed by atoms with Crippen LogP contribution in [0.1, 0.15) is 16.7 Å². The Balaban J connectivity index is 1.14. The molecule has 6 aromatic rings. The predicted molar refractivity (Wildman–Crippen MR) is 207 cm³/mol. The van der Waals surface area contributed by atoms with Crippen LogP contribution in [-0.4, -0.2) is 24.9 Å². The molecule has 4 heteroatoms. The van der Waals surface area contributed by atoms with Crippen molar-refractivity contribution in [1.29, 1.82) is 0 Å². The summed E-state index contributed by atoms with van der Waals surface area (Å²) in [5.74, 6) is 0. The van der Waals surface area contributed by atoms with E-state index in [1.165, 1.54) is 37.9 Å². The molecule has 47 heavy (non-hydrogen) atoms. The van der Waals surface area contributed by atoms with Crippen molar-refractivity contribution in [2.45, 2.75) is 25.6 Å². The van der Waals surface area contributed by atoms with Gasteiger partial charge in [-0.05, 0) is 79.0 Å². The Bertz CT molecular complexity index is 1650. The third-order valence-electron chi connectivity index (χ3n) is 8.53. The van der Waals surface area contributed by atoms with E-state index in [0.717, 1.165) is 38.4 Å². The normalized spacial score (nSPS) is 12.0. The van der Waals surface area contributed by atoms with Gasteiger partial charge in [0.2, 0.25) is 0 Å². The van der Waals surface area contributed by atoms with E-state index in [4.69, 9.17) is 0 Å². The molecule has 0 radical (unpaired) electrons. The smallest absolute Gasteiger partial charge is 0.0211 e. The highest BCUT2D eigenvalue weighted by Gasteiger charge is 2.20. The summed E-state index contributed by atoms with van der Waals surface area (Å²) in [7, 11) is -0.903. The fraction of sp³-hybridized carbons (Fsp3) is 0.163. The Morgan fingerprint density at radius 2 is 0.830 bits per heavy atom. The van der Waals surface area contributed by atoms with Gasteiger partial charge in [0.25, 0.3) is 0 Å². The first kappa shape index (κ1) is 33.0. The van der Waals surface area contributed by atoms with E-state index in [9.17, 15) is 0 Å². The van der Waals surface area contributed by atoms with Crippen LogP contribution >= 0.6 is 15.8 Å². The number of nitrogens with one attached hydrogen (secondary N) is 2. The molecule has 0 heterocycles. The zero-order valence-electron chi connectivity index (χ0n) is 27.0. The van der Waals surface area contributed by atoms with E-state index in [0.29, 0.717) is 6.04 Å². The molecule has 0 saturated carbocycles. The summed E-state index contributed by atoms with van der Waals surface area (Å²) in [6, 6.07) is 64.4. The van der Waals surface area contributed by atoms with Gasteiger partial charge in [0.1, 0.15) is 0 Å². The minimum absolute atomic E-state index is 0.338. The quantitative estimate of drug-likeness (QED) is 0.0828. The summed E-state index contributed by atoms with van der Waals surface area (Å²) < 4.78 is 0. The fourth-order valence-electron chi connectivity index (χ4n) is 6.09. The molecule has 236 valence electrons. The zero-order chi connectivity index (χ0) is 31.9. The lowest BCUT2D eigenvalue weighted by Crippen LogP contribution is -2.36. The molecule has 1 unspecified atom stereocenters. The third kappa shape index (κ3) is 9.80. The summed E-state index contributed by atoms with van der Waals surface area (Å²) in [4.78, 5) is 0. The zero-order valence-corrected chi connectivity index (χ0v) is 28.7. The molecule has 0 amide bonds. The summed E-state index contributed by atoms with van der Waals surface area (Å²) >= 11 is 0. The van der Waals surface area contributed by atoms with Gasteiger partial charge in [0, 0.05) is 19.1 Å². The highest BCUT2D eigenvalue weighted by Crippen LogP contribution is 2.35. The maximum atomic E-state index is 4.04. The Hall–Kier alpha value is -3.90. The third-order valence-corrected chi connectivity index (χ3v) is 13.7. The predicted octanol–water partition coefficient (Wildman–Crippen LogP) is 7.74. The van der Waals surface area contributed by atoms with Crippen LogP contribution in [0.15, 0.2) is 176 Å². The van der Waals surface area contributed by atoms with E-state index in [1.54, 1.807) is 0 Å². The molecule has 1 atom stereocenters. The topological polar surface area (TPSA) is 24.1 Å². The van der Waals surface area contributed by atoms with Gasteiger partial charge >= 0.3 is 0 Å². The first-order valence-electron chi connectivity index (χ1n) is 16.6. The fourth-order valence-corrected chi connectivity index (χ4v) is 10.8. The molecule has 0 saturated heterocycles. The molecule has 2 nitrogen and oxygen atoms in total. The first-order valence-corrected chi connectivity index (χ1v) is 19.7. The molecule has 0 aliphatic heterocycles. The molecular formula is C43H44N2P2. The van der Waals surface area contributed by atoms with Crippen molar-refractivity contribution in [3.05, 3.63) is 193 Å². The van der Waals surface area contributed by atoms with Crippen LogP contribution in [0.4, 0.5) is 0 Å². The van der Waals surface area contributed by atoms with Crippen molar-refractivity contribution in [2.75, 3.05) is 18.9 Å². The van der Waals surface area contributed by atoms with Crippen molar-refractivity contribution < 1.29 is 0 Å². The van der Waals surface area contributed by atoms with Crippen LogP contribution in [0.25, 0.3) is 0 Å². The molecule has 0 aromatic heterocycles. The van der Waals surface area contributed by atoms with Crippen molar-refractivity contribution >= 4 is 37.1 Å². The maximum Gasteiger partial charge on any atom is 0.0211 e. The molecule has 0 fully saturated rings. The molecule has 2 N–H and O–H groups in total. The van der Waals surface area contributed by atoms with Crippen LogP contribution in [0.5, 0.6) is 0 Å².